The van der Waals surface area contributed by atoms with Crippen LogP contribution in [0.1, 0.15) is 44.1 Å². The molecule has 26 heavy (non-hydrogen) atoms. The van der Waals surface area contributed by atoms with Gasteiger partial charge in [-0.1, -0.05) is 12.1 Å². The van der Waals surface area contributed by atoms with Crippen molar-refractivity contribution in [2.24, 2.45) is 0 Å². The van der Waals surface area contributed by atoms with Gasteiger partial charge in [0.2, 0.25) is 17.7 Å². The number of hydrogen-bond acceptors (Lipinski definition) is 4. The summed E-state index contributed by atoms with van der Waals surface area (Å²) in [5.74, 6) is 0.831. The van der Waals surface area contributed by atoms with E-state index in [1.54, 1.807) is 7.11 Å². The van der Waals surface area contributed by atoms with Crippen molar-refractivity contribution in [1.29, 1.82) is 0 Å². The van der Waals surface area contributed by atoms with Crippen molar-refractivity contribution in [3.8, 4) is 5.75 Å². The largest absolute Gasteiger partial charge is 0.497 e. The van der Waals surface area contributed by atoms with E-state index < -0.39 is 0 Å². The van der Waals surface area contributed by atoms with E-state index >= 15 is 0 Å². The summed E-state index contributed by atoms with van der Waals surface area (Å²) >= 11 is 0. The molecule has 2 unspecified atom stereocenters. The molecule has 3 fully saturated rings. The van der Waals surface area contributed by atoms with Gasteiger partial charge in [-0.25, -0.2) is 0 Å². The van der Waals surface area contributed by atoms with Gasteiger partial charge in [0.25, 0.3) is 0 Å². The van der Waals surface area contributed by atoms with Gasteiger partial charge in [0.1, 0.15) is 5.75 Å². The molecular weight excluding hydrogens is 332 g/mol. The Hall–Kier alpha value is -2.37. The Balaban J connectivity index is 1.43. The number of methoxy groups -OCH3 is 1. The Bertz CT molecular complexity index is 700. The second-order valence-electron chi connectivity index (χ2n) is 7.49. The van der Waals surface area contributed by atoms with Crippen LogP contribution in [-0.2, 0) is 20.8 Å². The Morgan fingerprint density at radius 3 is 2.12 bits per heavy atom. The fourth-order valence-electron chi connectivity index (χ4n) is 4.78. The lowest BCUT2D eigenvalue weighted by molar-refractivity contribution is -0.144. The lowest BCUT2D eigenvalue weighted by atomic mass is 9.95. The van der Waals surface area contributed by atoms with Crippen LogP contribution in [-0.4, -0.2) is 52.8 Å². The second kappa shape index (κ2) is 6.74. The highest BCUT2D eigenvalue weighted by atomic mass is 16.5. The highest BCUT2D eigenvalue weighted by molar-refractivity contribution is 6.02. The Labute approximate surface area is 153 Å². The minimum atomic E-state index is -0.0441. The topological polar surface area (TPSA) is 66.9 Å². The van der Waals surface area contributed by atoms with Crippen molar-refractivity contribution in [2.45, 2.75) is 63.1 Å². The monoisotopic (exact) mass is 356 g/mol. The molecule has 1 aromatic carbocycles. The fourth-order valence-corrected chi connectivity index (χ4v) is 4.78. The molecule has 6 nitrogen and oxygen atoms in total. The minimum Gasteiger partial charge on any atom is -0.497 e. The molecule has 0 radical (unpaired) electrons. The highest BCUT2D eigenvalue weighted by Crippen LogP contribution is 2.39. The number of carbonyl (C=O) groups is 3. The second-order valence-corrected chi connectivity index (χ2v) is 7.49. The standard InChI is InChI=1S/C20H24N2O4/c1-26-17-6-2-13(3-7-17)10-20(25)21-14-4-5-15(21)12-16(11-14)22-18(23)8-9-19(22)24/h2-3,6-7,14-16H,4-5,8-12H2,1H3. The van der Waals surface area contributed by atoms with Gasteiger partial charge in [0.05, 0.1) is 13.5 Å². The number of carbonyl (C=O) groups excluding carboxylic acids is 3. The molecule has 3 saturated heterocycles. The van der Waals surface area contributed by atoms with Gasteiger partial charge in [-0.05, 0) is 43.4 Å². The number of fused-ring (bicyclic) bond motifs is 2. The summed E-state index contributed by atoms with van der Waals surface area (Å²) in [6, 6.07) is 7.85. The summed E-state index contributed by atoms with van der Waals surface area (Å²) in [4.78, 5) is 40.5. The Kier molecular flexibility index (Phi) is 4.42. The number of imide groups is 1. The first-order valence-corrected chi connectivity index (χ1v) is 9.36. The number of hydrogen-bond donors (Lipinski definition) is 0. The van der Waals surface area contributed by atoms with Crippen LogP contribution >= 0.6 is 0 Å². The smallest absolute Gasteiger partial charge is 0.229 e. The van der Waals surface area contributed by atoms with Gasteiger partial charge in [-0.2, -0.15) is 0 Å². The molecule has 3 amide bonds. The number of nitrogens with zero attached hydrogens (tertiary/aromatic N) is 2. The number of ether oxygens (including phenoxy) is 1. The molecule has 3 aliphatic heterocycles. The molecule has 3 heterocycles. The van der Waals surface area contributed by atoms with Crippen LogP contribution in [0.3, 0.4) is 0 Å². The van der Waals surface area contributed by atoms with E-state index in [2.05, 4.69) is 0 Å². The molecule has 138 valence electrons. The van der Waals surface area contributed by atoms with E-state index in [9.17, 15) is 14.4 Å². The van der Waals surface area contributed by atoms with Gasteiger partial charge in [-0.3, -0.25) is 19.3 Å². The summed E-state index contributed by atoms with van der Waals surface area (Å²) in [6.45, 7) is 0. The van der Waals surface area contributed by atoms with Crippen molar-refractivity contribution in [2.75, 3.05) is 7.11 Å². The third-order valence-electron chi connectivity index (χ3n) is 5.97. The van der Waals surface area contributed by atoms with Crippen LogP contribution in [0.5, 0.6) is 5.75 Å². The average Bonchev–Trinajstić information content (AvgIpc) is 3.11. The number of piperidine rings is 1. The lowest BCUT2D eigenvalue weighted by Gasteiger charge is -2.41. The SMILES string of the molecule is COc1ccc(CC(=O)N2C3CCC2CC(N2C(=O)CCC2=O)C3)cc1. The maximum absolute atomic E-state index is 12.9. The number of amides is 3. The lowest BCUT2D eigenvalue weighted by Crippen LogP contribution is -2.54. The van der Waals surface area contributed by atoms with Gasteiger partial charge < -0.3 is 9.64 Å². The molecular formula is C20H24N2O4. The van der Waals surface area contributed by atoms with Crippen molar-refractivity contribution >= 4 is 17.7 Å². The van der Waals surface area contributed by atoms with Gasteiger partial charge in [0.15, 0.2) is 0 Å². The quantitative estimate of drug-likeness (QED) is 0.773. The molecule has 6 heteroatoms. The average molecular weight is 356 g/mol. The van der Waals surface area contributed by atoms with Crippen LogP contribution in [0, 0.1) is 0 Å². The highest BCUT2D eigenvalue weighted by Gasteiger charge is 2.47. The maximum atomic E-state index is 12.9. The summed E-state index contributed by atoms with van der Waals surface area (Å²) in [7, 11) is 1.62. The first-order chi connectivity index (χ1) is 12.6. The molecule has 0 saturated carbocycles. The summed E-state index contributed by atoms with van der Waals surface area (Å²) in [5.41, 5.74) is 0.974. The number of rotatable bonds is 4. The zero-order chi connectivity index (χ0) is 18.3. The molecule has 3 aliphatic rings. The zero-order valence-corrected chi connectivity index (χ0v) is 15.0. The molecule has 0 aromatic heterocycles. The first kappa shape index (κ1) is 17.1. The van der Waals surface area contributed by atoms with Gasteiger partial charge in [-0.15, -0.1) is 0 Å². The summed E-state index contributed by atoms with van der Waals surface area (Å²) in [5, 5.41) is 0. The van der Waals surface area contributed by atoms with E-state index in [-0.39, 0.29) is 35.8 Å². The fraction of sp³-hybridized carbons (Fsp3) is 0.550. The summed E-state index contributed by atoms with van der Waals surface area (Å²) < 4.78 is 5.16. The van der Waals surface area contributed by atoms with E-state index in [4.69, 9.17) is 4.74 Å². The van der Waals surface area contributed by atoms with Crippen molar-refractivity contribution in [1.82, 2.24) is 9.80 Å². The molecule has 1 aromatic rings. The normalized spacial score (nSPS) is 28.0. The third-order valence-corrected chi connectivity index (χ3v) is 5.97. The van der Waals surface area contributed by atoms with Crippen molar-refractivity contribution < 1.29 is 19.1 Å². The summed E-state index contributed by atoms with van der Waals surface area (Å²) in [6.07, 6.45) is 4.43. The predicted molar refractivity (Wildman–Crippen MR) is 94.5 cm³/mol. The third kappa shape index (κ3) is 2.97. The van der Waals surface area contributed by atoms with E-state index in [1.165, 1.54) is 4.90 Å². The molecule has 0 N–H and O–H groups in total. The van der Waals surface area contributed by atoms with Crippen LogP contribution in [0.4, 0.5) is 0 Å². The van der Waals surface area contributed by atoms with Gasteiger partial charge >= 0.3 is 0 Å². The van der Waals surface area contributed by atoms with Crippen LogP contribution in [0.15, 0.2) is 24.3 Å². The van der Waals surface area contributed by atoms with E-state index in [0.29, 0.717) is 19.3 Å². The van der Waals surface area contributed by atoms with E-state index in [0.717, 1.165) is 37.0 Å². The van der Waals surface area contributed by atoms with E-state index in [1.807, 2.05) is 29.2 Å². The first-order valence-electron chi connectivity index (χ1n) is 9.36. The molecule has 0 aliphatic carbocycles. The molecule has 4 rings (SSSR count). The van der Waals surface area contributed by atoms with Crippen LogP contribution in [0.25, 0.3) is 0 Å². The number of benzene rings is 1. The Morgan fingerprint density at radius 2 is 1.58 bits per heavy atom. The minimum absolute atomic E-state index is 0.0277. The van der Waals surface area contributed by atoms with Gasteiger partial charge in [0, 0.05) is 31.0 Å². The molecule has 2 atom stereocenters. The Morgan fingerprint density at radius 1 is 1.00 bits per heavy atom. The zero-order valence-electron chi connectivity index (χ0n) is 15.0. The molecule has 2 bridgehead atoms. The predicted octanol–water partition coefficient (Wildman–Crippen LogP) is 1.91. The maximum Gasteiger partial charge on any atom is 0.229 e. The molecule has 0 spiro atoms. The van der Waals surface area contributed by atoms with Crippen LogP contribution in [0.2, 0.25) is 0 Å². The van der Waals surface area contributed by atoms with Crippen LogP contribution < -0.4 is 4.74 Å². The number of likely N-dealkylation sites (tertiary alicyclic amines) is 1. The van der Waals surface area contributed by atoms with Crippen molar-refractivity contribution in [3.63, 3.8) is 0 Å². The van der Waals surface area contributed by atoms with Crippen molar-refractivity contribution in [3.05, 3.63) is 29.8 Å².